The number of hydrogen-bond donors (Lipinski definition) is 8. The Hall–Kier alpha value is -5.89. The van der Waals surface area contributed by atoms with Crippen LogP contribution < -0.4 is 37.6 Å². The Kier molecular flexibility index (Phi) is 16.4. The number of nitrogens with two attached hydrogens (primary N) is 1. The van der Waals surface area contributed by atoms with Crippen LogP contribution in [0.1, 0.15) is 61.1 Å². The van der Waals surface area contributed by atoms with E-state index >= 15 is 0 Å². The predicted molar refractivity (Wildman–Crippen MR) is 239 cm³/mol. The maximum absolute atomic E-state index is 13.4. The molecule has 1 aromatic heterocycles. The van der Waals surface area contributed by atoms with Crippen LogP contribution in [0.15, 0.2) is 71.7 Å². The largest absolute Gasteiger partial charge is 0.480 e. The predicted octanol–water partition coefficient (Wildman–Crippen LogP) is 3.32. The molecule has 0 fully saturated rings. The molecule has 1 aliphatic carbocycles. The van der Waals surface area contributed by atoms with Crippen LogP contribution in [-0.2, 0) is 28.7 Å². The third-order valence-corrected chi connectivity index (χ3v) is 12.5. The van der Waals surface area contributed by atoms with Gasteiger partial charge in [0.2, 0.25) is 23.6 Å². The first kappa shape index (κ1) is 45.6. The van der Waals surface area contributed by atoms with Gasteiger partial charge in [0.05, 0.1) is 23.3 Å². The minimum atomic E-state index is -0.986. The van der Waals surface area contributed by atoms with Gasteiger partial charge in [0.1, 0.15) is 22.7 Å². The molecule has 0 saturated carbocycles. The number of rotatable bonds is 22. The van der Waals surface area contributed by atoms with Crippen molar-refractivity contribution in [1.29, 1.82) is 0 Å². The van der Waals surface area contributed by atoms with E-state index in [4.69, 9.17) is 10.5 Å². The highest BCUT2D eigenvalue weighted by Crippen LogP contribution is 2.44. The van der Waals surface area contributed by atoms with Gasteiger partial charge in [0, 0.05) is 43.4 Å². The molecule has 3 atom stereocenters. The van der Waals surface area contributed by atoms with Crippen molar-refractivity contribution in [1.82, 2.24) is 31.6 Å². The number of nitrogens with zero attached hydrogens (tertiary/aromatic N) is 2. The number of benzene rings is 3. The molecule has 0 spiro atoms. The fraction of sp³-hybridized carbons (Fsp3) is 0.395. The van der Waals surface area contributed by atoms with Crippen molar-refractivity contribution in [2.45, 2.75) is 63.1 Å². The lowest BCUT2D eigenvalue weighted by atomic mass is 9.98. The van der Waals surface area contributed by atoms with E-state index < -0.39 is 41.9 Å². The number of alkyl carbamates (subject to hydrolysis) is 1. The van der Waals surface area contributed by atoms with Crippen molar-refractivity contribution in [3.05, 3.63) is 82.9 Å². The maximum atomic E-state index is 13.4. The molecule has 328 valence electrons. The van der Waals surface area contributed by atoms with Crippen LogP contribution in [0.2, 0.25) is 0 Å². The molecular formula is C43H51N9O8S2. The number of amides is 5. The molecule has 2 heterocycles. The first-order valence-corrected chi connectivity index (χ1v) is 22.3. The van der Waals surface area contributed by atoms with E-state index in [2.05, 4.69) is 54.0 Å². The molecule has 62 heavy (non-hydrogen) atoms. The number of nitrogens with one attached hydrogen (secondary N) is 6. The van der Waals surface area contributed by atoms with Crippen LogP contribution >= 0.6 is 23.1 Å². The van der Waals surface area contributed by atoms with Gasteiger partial charge in [-0.15, -0.1) is 23.1 Å². The Bertz CT molecular complexity index is 2260. The van der Waals surface area contributed by atoms with E-state index in [-0.39, 0.29) is 50.5 Å². The molecule has 2 aliphatic rings. The highest BCUT2D eigenvalue weighted by Gasteiger charge is 2.30. The smallest absolute Gasteiger partial charge is 0.407 e. The fourth-order valence-corrected chi connectivity index (χ4v) is 9.32. The summed E-state index contributed by atoms with van der Waals surface area (Å²) < 4.78 is 6.50. The number of thiazole rings is 1. The summed E-state index contributed by atoms with van der Waals surface area (Å²) in [6.45, 7) is 2.11. The first-order valence-electron chi connectivity index (χ1n) is 20.5. The summed E-state index contributed by atoms with van der Waals surface area (Å²) in [6, 6.07) is 19.2. The zero-order valence-electron chi connectivity index (χ0n) is 34.2. The summed E-state index contributed by atoms with van der Waals surface area (Å²) in [6.07, 6.45) is 1.91. The number of carbonyl (C=O) groups excluding carboxylic acids is 5. The Morgan fingerprint density at radius 2 is 1.63 bits per heavy atom. The average Bonchev–Trinajstić information content (AvgIpc) is 4.00. The Morgan fingerprint density at radius 3 is 2.32 bits per heavy atom. The summed E-state index contributed by atoms with van der Waals surface area (Å²) in [4.78, 5) is 83.9. The SMILES string of the molecule is CC(=O)NCCCCC(NC(=O)CNCC(CCCN)NC(=O)OCC1c2ccccc2-c2ccccc21)C(=O)NCC(=O)Nc1ccc2nc(C3=NC(C(=O)O)CS3)sc2c1. The van der Waals surface area contributed by atoms with Gasteiger partial charge in [-0.2, -0.15) is 0 Å². The molecular weight excluding hydrogens is 835 g/mol. The van der Waals surface area contributed by atoms with Gasteiger partial charge in [-0.05, 0) is 79.1 Å². The van der Waals surface area contributed by atoms with Crippen molar-refractivity contribution in [2.75, 3.05) is 50.4 Å². The minimum absolute atomic E-state index is 0.0913. The Labute approximate surface area is 366 Å². The van der Waals surface area contributed by atoms with E-state index in [9.17, 15) is 33.9 Å². The number of ether oxygens (including phenoxy) is 1. The van der Waals surface area contributed by atoms with Crippen molar-refractivity contribution >= 4 is 79.7 Å². The van der Waals surface area contributed by atoms with Gasteiger partial charge >= 0.3 is 12.1 Å². The van der Waals surface area contributed by atoms with Crippen LogP contribution in [0.5, 0.6) is 0 Å². The lowest BCUT2D eigenvalue weighted by Crippen LogP contribution is -2.51. The molecule has 19 heteroatoms. The second-order valence-corrected chi connectivity index (χ2v) is 16.9. The van der Waals surface area contributed by atoms with E-state index in [1.807, 2.05) is 36.4 Å². The summed E-state index contributed by atoms with van der Waals surface area (Å²) in [5.74, 6) is -2.42. The third kappa shape index (κ3) is 12.6. The van der Waals surface area contributed by atoms with Crippen LogP contribution in [0, 0.1) is 0 Å². The number of carboxylic acid groups (broad SMARTS) is 1. The van der Waals surface area contributed by atoms with E-state index in [0.717, 1.165) is 27.0 Å². The molecule has 6 rings (SSSR count). The molecule has 0 saturated heterocycles. The second-order valence-electron chi connectivity index (χ2n) is 14.9. The molecule has 1 aliphatic heterocycles. The number of thioether (sulfide) groups is 1. The summed E-state index contributed by atoms with van der Waals surface area (Å²) >= 11 is 2.67. The van der Waals surface area contributed by atoms with Crippen LogP contribution in [0.25, 0.3) is 21.3 Å². The molecule has 4 aromatic rings. The molecule has 9 N–H and O–H groups in total. The topological polar surface area (TPSA) is 255 Å². The monoisotopic (exact) mass is 885 g/mol. The van der Waals surface area contributed by atoms with Gasteiger partial charge in [-0.25, -0.2) is 14.6 Å². The van der Waals surface area contributed by atoms with Crippen LogP contribution in [0.4, 0.5) is 10.5 Å². The summed E-state index contributed by atoms with van der Waals surface area (Å²) in [7, 11) is 0. The van der Waals surface area contributed by atoms with Crippen molar-refractivity contribution in [3.63, 3.8) is 0 Å². The Balaban J connectivity index is 0.977. The lowest BCUT2D eigenvalue weighted by Gasteiger charge is -2.21. The number of aromatic nitrogens is 1. The lowest BCUT2D eigenvalue weighted by molar-refractivity contribution is -0.137. The number of fused-ring (bicyclic) bond motifs is 4. The molecule has 0 bridgehead atoms. The van der Waals surface area contributed by atoms with Crippen LogP contribution in [0.3, 0.4) is 0 Å². The zero-order chi connectivity index (χ0) is 44.0. The van der Waals surface area contributed by atoms with Gasteiger partial charge in [0.15, 0.2) is 6.04 Å². The molecule has 3 unspecified atom stereocenters. The highest BCUT2D eigenvalue weighted by molar-refractivity contribution is 8.15. The molecule has 0 radical (unpaired) electrons. The zero-order valence-corrected chi connectivity index (χ0v) is 35.9. The number of anilines is 1. The third-order valence-electron chi connectivity index (χ3n) is 10.3. The number of carboxylic acids is 1. The molecule has 3 aromatic carbocycles. The second kappa shape index (κ2) is 22.3. The molecule has 17 nitrogen and oxygen atoms in total. The molecule has 5 amide bonds. The van der Waals surface area contributed by atoms with Gasteiger partial charge in [-0.3, -0.25) is 24.2 Å². The average molecular weight is 886 g/mol. The van der Waals surface area contributed by atoms with E-state index in [1.54, 1.807) is 18.2 Å². The quantitative estimate of drug-likeness (QED) is 0.0530. The Morgan fingerprint density at radius 1 is 0.887 bits per heavy atom. The van der Waals surface area contributed by atoms with Crippen molar-refractivity contribution < 1.29 is 38.6 Å². The minimum Gasteiger partial charge on any atom is -0.480 e. The number of aliphatic carboxylic acids is 1. The van der Waals surface area contributed by atoms with Crippen molar-refractivity contribution in [2.24, 2.45) is 10.7 Å². The van der Waals surface area contributed by atoms with Gasteiger partial charge in [-0.1, -0.05) is 48.5 Å². The highest BCUT2D eigenvalue weighted by atomic mass is 32.2. The number of carbonyl (C=O) groups is 6. The first-order chi connectivity index (χ1) is 30.0. The maximum Gasteiger partial charge on any atom is 0.407 e. The van der Waals surface area contributed by atoms with Gasteiger partial charge in [0.25, 0.3) is 0 Å². The number of hydrogen-bond acceptors (Lipinski definition) is 13. The standard InChI is InChI=1S/C43H51N9O8S2/c1-25(53)46-18-7-6-14-34(39(56)47-22-38(55)48-26-15-16-33-36(19-26)62-41(51-33)40-52-35(24-61-40)42(57)58)50-37(54)21-45-20-27(9-8-17-44)49-43(59)60-23-32-30-12-4-2-10-28(30)29-11-3-5-13-31(29)32/h2-5,10-13,15-16,19,27,32,34-35,45H,6-9,14,17-18,20-24,44H2,1H3,(H,46,53)(H,47,56)(H,48,55)(H,49,59)(H,50,54)(H,57,58). The normalized spacial score (nSPS) is 15.1. The summed E-state index contributed by atoms with van der Waals surface area (Å²) in [5, 5.41) is 27.3. The van der Waals surface area contributed by atoms with E-state index in [1.165, 1.54) is 30.0 Å². The van der Waals surface area contributed by atoms with Crippen molar-refractivity contribution in [3.8, 4) is 11.1 Å². The summed E-state index contributed by atoms with van der Waals surface area (Å²) in [5.41, 5.74) is 11.4. The fourth-order valence-electron chi connectivity index (χ4n) is 7.22. The van der Waals surface area contributed by atoms with Gasteiger partial charge < -0.3 is 47.5 Å². The van der Waals surface area contributed by atoms with Crippen LogP contribution in [-0.4, -0.2) is 114 Å². The number of aliphatic imine (C=N–C) groups is 1. The number of unbranched alkanes of at least 4 members (excludes halogenated alkanes) is 1. The van der Waals surface area contributed by atoms with E-state index in [0.29, 0.717) is 65.8 Å².